The van der Waals surface area contributed by atoms with Gasteiger partial charge in [-0.2, -0.15) is 0 Å². The number of hydrogen-bond donors (Lipinski definition) is 2. The maximum atomic E-state index is 12.7. The van der Waals surface area contributed by atoms with Crippen LogP contribution in [0.3, 0.4) is 0 Å². The van der Waals surface area contributed by atoms with Gasteiger partial charge in [0.2, 0.25) is 0 Å². The number of ether oxygens (including phenoxy) is 1. The summed E-state index contributed by atoms with van der Waals surface area (Å²) >= 11 is 12.1. The van der Waals surface area contributed by atoms with Gasteiger partial charge in [-0.05, 0) is 25.1 Å². The van der Waals surface area contributed by atoms with Crippen LogP contribution in [0.2, 0.25) is 10.0 Å². The van der Waals surface area contributed by atoms with Crippen molar-refractivity contribution in [2.24, 2.45) is 0 Å². The molecule has 1 saturated heterocycles. The Morgan fingerprint density at radius 1 is 1.12 bits per heavy atom. The van der Waals surface area contributed by atoms with Gasteiger partial charge in [-0.3, -0.25) is 4.79 Å². The van der Waals surface area contributed by atoms with E-state index in [0.717, 1.165) is 26.3 Å². The first-order chi connectivity index (χ1) is 12.6. The zero-order valence-electron chi connectivity index (χ0n) is 14.7. The number of quaternary nitrogens is 1. The Labute approximate surface area is 164 Å². The van der Waals surface area contributed by atoms with Gasteiger partial charge in [0.25, 0.3) is 5.91 Å². The summed E-state index contributed by atoms with van der Waals surface area (Å²) in [7, 11) is 0. The van der Waals surface area contributed by atoms with Crippen LogP contribution in [0.25, 0.3) is 0 Å². The van der Waals surface area contributed by atoms with E-state index in [9.17, 15) is 4.79 Å². The van der Waals surface area contributed by atoms with E-state index in [2.05, 4.69) is 17.4 Å². The fourth-order valence-corrected chi connectivity index (χ4v) is 4.02. The van der Waals surface area contributed by atoms with E-state index >= 15 is 0 Å². The summed E-state index contributed by atoms with van der Waals surface area (Å²) in [5.41, 5.74) is 1.64. The summed E-state index contributed by atoms with van der Waals surface area (Å²) in [6.07, 6.45) is 0. The van der Waals surface area contributed by atoms with Crippen LogP contribution in [0.15, 0.2) is 48.5 Å². The SMILES string of the molecule is C[C@@H](NC(=O)c1ccc(Cl)cc1Cl)[C@@H](c1ccccc1)[NH+]1CCOCC1. The molecule has 1 aliphatic heterocycles. The number of morpholine rings is 1. The van der Waals surface area contributed by atoms with Crippen molar-refractivity contribution in [2.45, 2.75) is 19.0 Å². The molecule has 1 amide bonds. The Kier molecular flexibility index (Phi) is 6.54. The molecule has 0 spiro atoms. The Bertz CT molecular complexity index is 749. The molecule has 1 fully saturated rings. The molecule has 26 heavy (non-hydrogen) atoms. The molecule has 3 rings (SSSR count). The van der Waals surface area contributed by atoms with Gasteiger partial charge in [0.1, 0.15) is 19.1 Å². The average molecular weight is 394 g/mol. The van der Waals surface area contributed by atoms with Crippen molar-refractivity contribution in [2.75, 3.05) is 26.3 Å². The van der Waals surface area contributed by atoms with Gasteiger partial charge in [-0.1, -0.05) is 53.5 Å². The summed E-state index contributed by atoms with van der Waals surface area (Å²) in [5, 5.41) is 4.00. The smallest absolute Gasteiger partial charge is 0.253 e. The van der Waals surface area contributed by atoms with Crippen molar-refractivity contribution in [3.05, 3.63) is 69.7 Å². The molecule has 6 heteroatoms. The molecule has 2 aromatic rings. The number of amides is 1. The lowest BCUT2D eigenvalue weighted by atomic mass is 9.97. The lowest BCUT2D eigenvalue weighted by Crippen LogP contribution is -3.15. The summed E-state index contributed by atoms with van der Waals surface area (Å²) in [6.45, 7) is 5.36. The monoisotopic (exact) mass is 393 g/mol. The summed E-state index contributed by atoms with van der Waals surface area (Å²) in [4.78, 5) is 14.1. The Balaban J connectivity index is 1.80. The highest BCUT2D eigenvalue weighted by molar-refractivity contribution is 6.36. The topological polar surface area (TPSA) is 42.8 Å². The van der Waals surface area contributed by atoms with E-state index in [1.165, 1.54) is 10.5 Å². The van der Waals surface area contributed by atoms with E-state index in [0.29, 0.717) is 15.6 Å². The van der Waals surface area contributed by atoms with Gasteiger partial charge >= 0.3 is 0 Å². The molecule has 2 atom stereocenters. The Morgan fingerprint density at radius 2 is 1.81 bits per heavy atom. The van der Waals surface area contributed by atoms with Crippen LogP contribution in [-0.4, -0.2) is 38.3 Å². The molecule has 1 heterocycles. The maximum Gasteiger partial charge on any atom is 0.253 e. The van der Waals surface area contributed by atoms with E-state index in [1.54, 1.807) is 18.2 Å². The molecule has 0 aliphatic carbocycles. The molecule has 4 nitrogen and oxygen atoms in total. The first-order valence-electron chi connectivity index (χ1n) is 8.79. The van der Waals surface area contributed by atoms with Crippen LogP contribution in [0.4, 0.5) is 0 Å². The van der Waals surface area contributed by atoms with E-state index in [4.69, 9.17) is 27.9 Å². The minimum atomic E-state index is -0.187. The Morgan fingerprint density at radius 3 is 2.46 bits per heavy atom. The lowest BCUT2D eigenvalue weighted by molar-refractivity contribution is -0.940. The van der Waals surface area contributed by atoms with Crippen molar-refractivity contribution < 1.29 is 14.4 Å². The van der Waals surface area contributed by atoms with Crippen molar-refractivity contribution in [1.82, 2.24) is 5.32 Å². The van der Waals surface area contributed by atoms with Crippen molar-refractivity contribution in [3.8, 4) is 0 Å². The van der Waals surface area contributed by atoms with Gasteiger partial charge in [0.05, 0.1) is 29.8 Å². The highest BCUT2D eigenvalue weighted by atomic mass is 35.5. The summed E-state index contributed by atoms with van der Waals surface area (Å²) in [5.74, 6) is -0.187. The predicted molar refractivity (Wildman–Crippen MR) is 104 cm³/mol. The van der Waals surface area contributed by atoms with Crippen LogP contribution in [0.5, 0.6) is 0 Å². The van der Waals surface area contributed by atoms with Gasteiger partial charge < -0.3 is 15.0 Å². The number of rotatable bonds is 5. The summed E-state index contributed by atoms with van der Waals surface area (Å²) in [6, 6.07) is 15.3. The zero-order chi connectivity index (χ0) is 18.5. The highest BCUT2D eigenvalue weighted by Gasteiger charge is 2.32. The molecule has 0 unspecified atom stereocenters. The number of halogens is 2. The molecule has 0 saturated carbocycles. The number of benzene rings is 2. The minimum absolute atomic E-state index is 0.0651. The fourth-order valence-electron chi connectivity index (χ4n) is 3.52. The van der Waals surface area contributed by atoms with E-state index in [-0.39, 0.29) is 18.0 Å². The molecule has 2 aromatic carbocycles. The molecule has 0 aromatic heterocycles. The highest BCUT2D eigenvalue weighted by Crippen LogP contribution is 2.22. The zero-order valence-corrected chi connectivity index (χ0v) is 16.2. The molecule has 1 aliphatic rings. The van der Waals surface area contributed by atoms with Crippen LogP contribution >= 0.6 is 23.2 Å². The molecule has 2 N–H and O–H groups in total. The first kappa shape index (κ1) is 19.2. The number of carbonyl (C=O) groups is 1. The molecule has 0 bridgehead atoms. The number of nitrogens with one attached hydrogen (secondary N) is 2. The largest absolute Gasteiger partial charge is 0.370 e. The second-order valence-corrected chi connectivity index (χ2v) is 7.39. The molecular formula is C20H23Cl2N2O2+. The second kappa shape index (κ2) is 8.87. The lowest BCUT2D eigenvalue weighted by Gasteiger charge is -2.35. The van der Waals surface area contributed by atoms with Crippen LogP contribution in [0, 0.1) is 0 Å². The summed E-state index contributed by atoms with van der Waals surface area (Å²) < 4.78 is 5.50. The molecule has 138 valence electrons. The standard InChI is InChI=1S/C20H22Cl2N2O2/c1-14(23-20(25)17-8-7-16(21)13-18(17)22)19(15-5-3-2-4-6-15)24-9-11-26-12-10-24/h2-8,13-14,19H,9-12H2,1H3,(H,23,25)/p+1/t14-,19+/m1/s1. The number of carbonyl (C=O) groups excluding carboxylic acids is 1. The molecular weight excluding hydrogens is 371 g/mol. The third-order valence-electron chi connectivity index (χ3n) is 4.77. The van der Waals surface area contributed by atoms with Crippen LogP contribution in [0.1, 0.15) is 28.9 Å². The number of hydrogen-bond acceptors (Lipinski definition) is 2. The van der Waals surface area contributed by atoms with Crippen molar-refractivity contribution >= 4 is 29.1 Å². The van der Waals surface area contributed by atoms with Gasteiger partial charge in [0, 0.05) is 10.6 Å². The van der Waals surface area contributed by atoms with Gasteiger partial charge in [-0.25, -0.2) is 0 Å². The van der Waals surface area contributed by atoms with E-state index in [1.807, 2.05) is 25.1 Å². The van der Waals surface area contributed by atoms with Gasteiger partial charge in [0.15, 0.2) is 0 Å². The minimum Gasteiger partial charge on any atom is -0.370 e. The van der Waals surface area contributed by atoms with Crippen molar-refractivity contribution in [1.29, 1.82) is 0 Å². The maximum absolute atomic E-state index is 12.7. The average Bonchev–Trinajstić information content (AvgIpc) is 2.63. The third kappa shape index (κ3) is 4.57. The molecule has 0 radical (unpaired) electrons. The second-order valence-electron chi connectivity index (χ2n) is 6.55. The fraction of sp³-hybridized carbons (Fsp3) is 0.350. The predicted octanol–water partition coefficient (Wildman–Crippen LogP) is 2.77. The first-order valence-corrected chi connectivity index (χ1v) is 9.55. The normalized spacial score (nSPS) is 17.5. The Hall–Kier alpha value is -1.59. The van der Waals surface area contributed by atoms with Crippen LogP contribution in [-0.2, 0) is 4.74 Å². The quantitative estimate of drug-likeness (QED) is 0.819. The van der Waals surface area contributed by atoms with Crippen molar-refractivity contribution in [3.63, 3.8) is 0 Å². The van der Waals surface area contributed by atoms with Gasteiger partial charge in [-0.15, -0.1) is 0 Å². The third-order valence-corrected chi connectivity index (χ3v) is 5.32. The van der Waals surface area contributed by atoms with Crippen LogP contribution < -0.4 is 10.2 Å². The van der Waals surface area contributed by atoms with E-state index < -0.39 is 0 Å².